The van der Waals surface area contributed by atoms with E-state index < -0.39 is 11.0 Å². The van der Waals surface area contributed by atoms with Crippen molar-refractivity contribution < 1.29 is 28.6 Å². The molecule has 1 amide bonds. The summed E-state index contributed by atoms with van der Waals surface area (Å²) in [6.07, 6.45) is 0.416. The lowest BCUT2D eigenvalue weighted by Gasteiger charge is -2.40. The van der Waals surface area contributed by atoms with Crippen molar-refractivity contribution in [1.82, 2.24) is 4.90 Å². The molecule has 0 aliphatic carbocycles. The number of likely N-dealkylation sites (tertiary alicyclic amines) is 1. The Hall–Kier alpha value is -4.39. The summed E-state index contributed by atoms with van der Waals surface area (Å²) in [6, 6.07) is 25.9. The predicted octanol–water partition coefficient (Wildman–Crippen LogP) is 7.88. The summed E-state index contributed by atoms with van der Waals surface area (Å²) in [5.74, 6) is 0.116. The fraction of sp³-hybridized carbons (Fsp3) is 0.378. The minimum absolute atomic E-state index is 0.228. The summed E-state index contributed by atoms with van der Waals surface area (Å²) in [4.78, 5) is 38.9. The lowest BCUT2D eigenvalue weighted by Crippen LogP contribution is -2.50. The number of carbonyl (C=O) groups excluding carboxylic acids is 3. The van der Waals surface area contributed by atoms with E-state index in [0.717, 1.165) is 33.4 Å². The van der Waals surface area contributed by atoms with Crippen LogP contribution in [-0.2, 0) is 19.1 Å². The molecule has 0 atom stereocenters. The molecule has 0 spiro atoms. The van der Waals surface area contributed by atoms with Crippen LogP contribution >= 0.6 is 0 Å². The first kappa shape index (κ1) is 32.5. The molecular weight excluding hydrogens is 554 g/mol. The highest BCUT2D eigenvalue weighted by molar-refractivity contribution is 5.99. The number of hydrogen-bond donors (Lipinski definition) is 0. The van der Waals surface area contributed by atoms with E-state index in [0.29, 0.717) is 25.3 Å². The van der Waals surface area contributed by atoms with Crippen molar-refractivity contribution >= 4 is 29.2 Å². The van der Waals surface area contributed by atoms with Crippen LogP contribution in [0.25, 0.3) is 11.1 Å². The van der Waals surface area contributed by atoms with Crippen LogP contribution in [0.2, 0.25) is 0 Å². The minimum atomic E-state index is -0.621. The Labute approximate surface area is 260 Å². The molecule has 0 aromatic heterocycles. The van der Waals surface area contributed by atoms with Crippen LogP contribution in [0.1, 0.15) is 82.6 Å². The zero-order chi connectivity index (χ0) is 32.1. The molecular formula is C37H43NO6. The normalized spacial score (nSPS) is 14.3. The maximum Gasteiger partial charge on any atom is 0.410 e. The molecule has 7 nitrogen and oxygen atoms in total. The van der Waals surface area contributed by atoms with Gasteiger partial charge in [-0.25, -0.2) is 4.79 Å². The van der Waals surface area contributed by atoms with Crippen molar-refractivity contribution in [3.05, 3.63) is 101 Å². The van der Waals surface area contributed by atoms with Gasteiger partial charge in [0.25, 0.3) is 0 Å². The Morgan fingerprint density at radius 2 is 1.32 bits per heavy atom. The number of amides is 1. The molecule has 44 heavy (non-hydrogen) atoms. The topological polar surface area (TPSA) is 82.1 Å². The third-order valence-corrected chi connectivity index (χ3v) is 7.40. The monoisotopic (exact) mass is 597 g/mol. The lowest BCUT2D eigenvalue weighted by atomic mass is 9.85. The van der Waals surface area contributed by atoms with E-state index >= 15 is 0 Å². The second-order valence-electron chi connectivity index (χ2n) is 13.2. The zero-order valence-corrected chi connectivity index (χ0v) is 26.8. The zero-order valence-electron chi connectivity index (χ0n) is 26.8. The molecule has 1 heterocycles. The number of benzene rings is 3. The molecule has 1 aliphatic rings. The molecule has 232 valence electrons. The van der Waals surface area contributed by atoms with Crippen LogP contribution in [0.15, 0.2) is 78.9 Å². The average Bonchev–Trinajstić information content (AvgIpc) is 2.94. The number of methoxy groups -OCH3 is 1. The van der Waals surface area contributed by atoms with E-state index in [-0.39, 0.29) is 30.4 Å². The van der Waals surface area contributed by atoms with Crippen LogP contribution in [0.5, 0.6) is 5.75 Å². The van der Waals surface area contributed by atoms with Crippen LogP contribution < -0.4 is 4.74 Å². The number of rotatable bonds is 8. The summed E-state index contributed by atoms with van der Waals surface area (Å²) in [7, 11) is 1.40. The Balaban J connectivity index is 1.69. The largest absolute Gasteiger partial charge is 0.469 e. The summed E-state index contributed by atoms with van der Waals surface area (Å²) in [5, 5.41) is 0. The molecule has 1 aliphatic heterocycles. The van der Waals surface area contributed by atoms with Crippen molar-refractivity contribution in [3.8, 4) is 5.75 Å². The molecule has 3 aromatic rings. The number of esters is 2. The Kier molecular flexibility index (Phi) is 9.98. The fourth-order valence-electron chi connectivity index (χ4n) is 4.93. The maximum atomic E-state index is 12.5. The molecule has 3 aromatic carbocycles. The molecule has 7 heteroatoms. The van der Waals surface area contributed by atoms with E-state index in [4.69, 9.17) is 14.2 Å². The van der Waals surface area contributed by atoms with Gasteiger partial charge >= 0.3 is 18.0 Å². The number of nitrogens with zero attached hydrogens (tertiary/aromatic N) is 1. The first-order chi connectivity index (χ1) is 20.7. The van der Waals surface area contributed by atoms with Crippen molar-refractivity contribution in [2.45, 2.75) is 65.9 Å². The van der Waals surface area contributed by atoms with Gasteiger partial charge in [0, 0.05) is 25.4 Å². The number of hydrogen-bond acceptors (Lipinski definition) is 6. The number of carbonyl (C=O) groups is 3. The molecule has 1 fully saturated rings. The van der Waals surface area contributed by atoms with Crippen LogP contribution in [-0.4, -0.2) is 48.7 Å². The van der Waals surface area contributed by atoms with Crippen molar-refractivity contribution in [3.63, 3.8) is 0 Å². The second-order valence-corrected chi connectivity index (χ2v) is 13.2. The molecule has 0 N–H and O–H groups in total. The van der Waals surface area contributed by atoms with Crippen molar-refractivity contribution in [2.24, 2.45) is 5.41 Å². The van der Waals surface area contributed by atoms with Crippen molar-refractivity contribution in [1.29, 1.82) is 0 Å². The third kappa shape index (κ3) is 8.37. The van der Waals surface area contributed by atoms with Crippen LogP contribution in [0.4, 0.5) is 4.79 Å². The van der Waals surface area contributed by atoms with E-state index in [1.54, 1.807) is 17.0 Å². The highest BCUT2D eigenvalue weighted by Gasteiger charge is 2.34. The smallest absolute Gasteiger partial charge is 0.410 e. The van der Waals surface area contributed by atoms with E-state index in [1.807, 2.05) is 84.0 Å². The Morgan fingerprint density at radius 3 is 1.84 bits per heavy atom. The van der Waals surface area contributed by atoms with Gasteiger partial charge in [0.15, 0.2) is 0 Å². The highest BCUT2D eigenvalue weighted by Crippen LogP contribution is 2.37. The predicted molar refractivity (Wildman–Crippen MR) is 172 cm³/mol. The first-order valence-electron chi connectivity index (χ1n) is 15.0. The highest BCUT2D eigenvalue weighted by atomic mass is 16.6. The van der Waals surface area contributed by atoms with E-state index in [2.05, 4.69) is 24.3 Å². The second kappa shape index (κ2) is 13.5. The molecule has 0 unspecified atom stereocenters. The molecule has 0 radical (unpaired) electrons. The first-order valence-corrected chi connectivity index (χ1v) is 15.0. The third-order valence-electron chi connectivity index (χ3n) is 7.40. The van der Waals surface area contributed by atoms with Gasteiger partial charge in [-0.15, -0.1) is 0 Å². The number of allylic oxidation sites excluding steroid dienone is 1. The Morgan fingerprint density at radius 1 is 0.750 bits per heavy atom. The van der Waals surface area contributed by atoms with Crippen molar-refractivity contribution in [2.75, 3.05) is 20.2 Å². The summed E-state index contributed by atoms with van der Waals surface area (Å²) >= 11 is 0. The van der Waals surface area contributed by atoms with Gasteiger partial charge in [-0.3, -0.25) is 9.59 Å². The van der Waals surface area contributed by atoms with Gasteiger partial charge in [-0.05, 0) is 93.5 Å². The van der Waals surface area contributed by atoms with Gasteiger partial charge in [-0.1, -0.05) is 66.7 Å². The summed E-state index contributed by atoms with van der Waals surface area (Å²) in [5.41, 5.74) is 4.90. The molecule has 0 bridgehead atoms. The summed E-state index contributed by atoms with van der Waals surface area (Å²) < 4.78 is 16.1. The molecule has 0 saturated carbocycles. The van der Waals surface area contributed by atoms with Gasteiger partial charge in [0.05, 0.1) is 12.5 Å². The van der Waals surface area contributed by atoms with E-state index in [9.17, 15) is 14.4 Å². The minimum Gasteiger partial charge on any atom is -0.469 e. The SMILES string of the molecule is COC(=O)CC/C(=C(\c1ccc(OC(=O)C(C)(C)C)cc1)c1ccc(C2CN(C(=O)OC(C)(C)C)C2)cc1)c1ccccc1. The molecule has 4 rings (SSSR count). The van der Waals surface area contributed by atoms with Gasteiger partial charge < -0.3 is 19.1 Å². The van der Waals surface area contributed by atoms with E-state index in [1.165, 1.54) is 7.11 Å². The average molecular weight is 598 g/mol. The standard InChI is InChI=1S/C37H43NO6/c1-36(2,3)34(40)43-30-19-17-28(18-20-30)33(31(21-22-32(39)42-7)26-11-9-8-10-12-26)27-15-13-25(14-16-27)29-23-38(24-29)35(41)44-37(4,5)6/h8-20,29H,21-24H2,1-7H3/b33-31+. The van der Waals surface area contributed by atoms with Gasteiger partial charge in [0.1, 0.15) is 11.4 Å². The maximum absolute atomic E-state index is 12.5. The fourth-order valence-corrected chi connectivity index (χ4v) is 4.93. The van der Waals surface area contributed by atoms with Crippen LogP contribution in [0.3, 0.4) is 0 Å². The number of ether oxygens (including phenoxy) is 3. The quantitative estimate of drug-likeness (QED) is 0.149. The molecule has 1 saturated heterocycles. The summed E-state index contributed by atoms with van der Waals surface area (Å²) in [6.45, 7) is 12.3. The lowest BCUT2D eigenvalue weighted by molar-refractivity contribution is -0.143. The van der Waals surface area contributed by atoms with Gasteiger partial charge in [-0.2, -0.15) is 0 Å². The Bertz CT molecular complexity index is 1490. The van der Waals surface area contributed by atoms with Gasteiger partial charge in [0.2, 0.25) is 0 Å². The van der Waals surface area contributed by atoms with Crippen LogP contribution in [0, 0.1) is 5.41 Å².